The molecule has 0 aromatic carbocycles. The fourth-order valence-electron chi connectivity index (χ4n) is 3.25. The first-order chi connectivity index (χ1) is 13.8. The van der Waals surface area contributed by atoms with Gasteiger partial charge in [-0.05, 0) is 24.5 Å². The minimum absolute atomic E-state index is 0.726. The molecule has 0 unspecified atom stereocenters. The van der Waals surface area contributed by atoms with Gasteiger partial charge in [-0.2, -0.15) is 4.37 Å². The van der Waals surface area contributed by atoms with Crippen molar-refractivity contribution in [1.29, 1.82) is 0 Å². The molecule has 1 fully saturated rings. The fourth-order valence-corrected chi connectivity index (χ4v) is 4.55. The molecule has 1 aliphatic rings. The molecule has 0 saturated carbocycles. The average Bonchev–Trinajstić information content (AvgIpc) is 3.43. The number of hydrogen-bond donors (Lipinski definition) is 1. The molecule has 8 nitrogen and oxygen atoms in total. The van der Waals surface area contributed by atoms with Gasteiger partial charge in [0, 0.05) is 37.4 Å². The minimum atomic E-state index is 0.726. The van der Waals surface area contributed by atoms with Gasteiger partial charge in [0.25, 0.3) is 0 Å². The van der Waals surface area contributed by atoms with Crippen LogP contribution in [0.5, 0.6) is 0 Å². The smallest absolute Gasteiger partial charge is 0.181 e. The normalized spacial score (nSPS) is 15.3. The van der Waals surface area contributed by atoms with E-state index in [0.717, 1.165) is 71.4 Å². The quantitative estimate of drug-likeness (QED) is 0.538. The van der Waals surface area contributed by atoms with Crippen molar-refractivity contribution in [3.63, 3.8) is 0 Å². The number of nitrogens with zero attached hydrogens (tertiary/aromatic N) is 6. The lowest BCUT2D eigenvalue weighted by Gasteiger charge is -2.25. The summed E-state index contributed by atoms with van der Waals surface area (Å²) in [6, 6.07) is 2.09. The molecule has 5 rings (SSSR count). The second kappa shape index (κ2) is 7.55. The summed E-state index contributed by atoms with van der Waals surface area (Å²) >= 11 is 3.04. The number of anilines is 2. The third-order valence-electron chi connectivity index (χ3n) is 4.55. The summed E-state index contributed by atoms with van der Waals surface area (Å²) in [4.78, 5) is 16.0. The molecule has 0 bridgehead atoms. The summed E-state index contributed by atoms with van der Waals surface area (Å²) in [5.41, 5.74) is 3.71. The molecule has 10 heteroatoms. The van der Waals surface area contributed by atoms with E-state index in [4.69, 9.17) is 4.74 Å². The molecule has 1 saturated heterocycles. The van der Waals surface area contributed by atoms with Crippen molar-refractivity contribution < 1.29 is 4.74 Å². The van der Waals surface area contributed by atoms with Gasteiger partial charge in [0.05, 0.1) is 30.8 Å². The van der Waals surface area contributed by atoms with Crippen molar-refractivity contribution in [2.75, 3.05) is 31.6 Å². The lowest BCUT2D eigenvalue weighted by Crippen LogP contribution is -2.35. The first-order valence-corrected chi connectivity index (χ1v) is 10.7. The SMILES string of the molecule is Cc1cn2c(-c3nccs3)cnc2c(Nc2cc(CN3CCOCC3)ns2)n1. The highest BCUT2D eigenvalue weighted by Crippen LogP contribution is 2.28. The zero-order valence-corrected chi connectivity index (χ0v) is 17.0. The van der Waals surface area contributed by atoms with E-state index in [1.807, 2.05) is 29.1 Å². The maximum absolute atomic E-state index is 5.41. The molecule has 4 aromatic rings. The van der Waals surface area contributed by atoms with E-state index in [-0.39, 0.29) is 0 Å². The van der Waals surface area contributed by atoms with Crippen LogP contribution in [0.4, 0.5) is 10.8 Å². The van der Waals surface area contributed by atoms with Gasteiger partial charge in [-0.25, -0.2) is 15.0 Å². The first-order valence-electron chi connectivity index (χ1n) is 9.03. The van der Waals surface area contributed by atoms with E-state index < -0.39 is 0 Å². The van der Waals surface area contributed by atoms with Crippen LogP contribution >= 0.6 is 22.9 Å². The van der Waals surface area contributed by atoms with Gasteiger partial charge in [-0.3, -0.25) is 9.30 Å². The number of rotatable bonds is 5. The van der Waals surface area contributed by atoms with E-state index in [9.17, 15) is 0 Å². The van der Waals surface area contributed by atoms with Crippen LogP contribution in [0.25, 0.3) is 16.3 Å². The average molecular weight is 414 g/mol. The van der Waals surface area contributed by atoms with Crippen LogP contribution in [-0.2, 0) is 11.3 Å². The van der Waals surface area contributed by atoms with E-state index in [1.165, 1.54) is 11.5 Å². The molecular weight excluding hydrogens is 394 g/mol. The van der Waals surface area contributed by atoms with Crippen LogP contribution in [0.1, 0.15) is 11.4 Å². The molecule has 1 aliphatic heterocycles. The second-order valence-corrected chi connectivity index (χ2v) is 8.30. The van der Waals surface area contributed by atoms with Gasteiger partial charge in [0.15, 0.2) is 11.5 Å². The van der Waals surface area contributed by atoms with Crippen LogP contribution in [0.2, 0.25) is 0 Å². The Balaban J connectivity index is 1.41. The molecule has 4 aromatic heterocycles. The Morgan fingerprint density at radius 1 is 1.25 bits per heavy atom. The summed E-state index contributed by atoms with van der Waals surface area (Å²) in [5, 5.41) is 7.27. The van der Waals surface area contributed by atoms with Gasteiger partial charge in [-0.15, -0.1) is 11.3 Å². The number of aryl methyl sites for hydroxylation is 1. The summed E-state index contributed by atoms with van der Waals surface area (Å²) in [6.07, 6.45) is 5.64. The van der Waals surface area contributed by atoms with Crippen molar-refractivity contribution in [2.45, 2.75) is 13.5 Å². The van der Waals surface area contributed by atoms with E-state index in [0.29, 0.717) is 0 Å². The number of nitrogens with one attached hydrogen (secondary N) is 1. The number of thiazole rings is 1. The number of imidazole rings is 1. The predicted octanol–water partition coefficient (Wildman–Crippen LogP) is 3.19. The highest BCUT2D eigenvalue weighted by molar-refractivity contribution is 7.13. The van der Waals surface area contributed by atoms with Crippen molar-refractivity contribution in [1.82, 2.24) is 28.6 Å². The zero-order chi connectivity index (χ0) is 18.9. The molecule has 1 N–H and O–H groups in total. The van der Waals surface area contributed by atoms with Gasteiger partial charge < -0.3 is 10.1 Å². The highest BCUT2D eigenvalue weighted by Gasteiger charge is 2.16. The van der Waals surface area contributed by atoms with Gasteiger partial charge >= 0.3 is 0 Å². The molecule has 0 atom stereocenters. The monoisotopic (exact) mass is 413 g/mol. The van der Waals surface area contributed by atoms with Crippen LogP contribution in [0.15, 0.2) is 30.0 Å². The Hall–Kier alpha value is -2.40. The van der Waals surface area contributed by atoms with E-state index in [1.54, 1.807) is 17.5 Å². The molecular formula is C18H19N7OS2. The van der Waals surface area contributed by atoms with E-state index >= 15 is 0 Å². The Morgan fingerprint density at radius 2 is 2.14 bits per heavy atom. The van der Waals surface area contributed by atoms with Gasteiger partial charge in [-0.1, -0.05) is 0 Å². The molecule has 144 valence electrons. The summed E-state index contributed by atoms with van der Waals surface area (Å²) in [7, 11) is 0. The number of morpholine rings is 1. The topological polar surface area (TPSA) is 80.5 Å². The Morgan fingerprint density at radius 3 is 2.96 bits per heavy atom. The Kier molecular flexibility index (Phi) is 4.77. The highest BCUT2D eigenvalue weighted by atomic mass is 32.1. The van der Waals surface area contributed by atoms with Crippen molar-refractivity contribution in [3.8, 4) is 10.7 Å². The third kappa shape index (κ3) is 3.51. The first kappa shape index (κ1) is 17.7. The van der Waals surface area contributed by atoms with Crippen LogP contribution < -0.4 is 5.32 Å². The van der Waals surface area contributed by atoms with E-state index in [2.05, 4.69) is 35.6 Å². The standard InChI is InChI=1S/C18H19N7OS2/c1-12-10-25-14(18-19-2-7-27-18)9-20-17(25)16(21-12)22-15-8-13(23-28-15)11-24-3-5-26-6-4-24/h2,7-10H,3-6,11H2,1H3,(H,21,22). The lowest BCUT2D eigenvalue weighted by atomic mass is 10.3. The largest absolute Gasteiger partial charge is 0.379 e. The molecule has 5 heterocycles. The Labute approximate surface area is 170 Å². The van der Waals surface area contributed by atoms with Crippen molar-refractivity contribution in [3.05, 3.63) is 41.4 Å². The molecule has 0 aliphatic carbocycles. The van der Waals surface area contributed by atoms with Crippen molar-refractivity contribution in [2.24, 2.45) is 0 Å². The van der Waals surface area contributed by atoms with Gasteiger partial charge in [0.1, 0.15) is 15.7 Å². The molecule has 0 radical (unpaired) electrons. The summed E-state index contributed by atoms with van der Waals surface area (Å²) < 4.78 is 12.0. The zero-order valence-electron chi connectivity index (χ0n) is 15.3. The van der Waals surface area contributed by atoms with Crippen LogP contribution in [-0.4, -0.2) is 54.9 Å². The number of ether oxygens (including phenoxy) is 1. The molecule has 0 spiro atoms. The number of fused-ring (bicyclic) bond motifs is 1. The minimum Gasteiger partial charge on any atom is -0.379 e. The van der Waals surface area contributed by atoms with Crippen LogP contribution in [0.3, 0.4) is 0 Å². The maximum atomic E-state index is 5.41. The maximum Gasteiger partial charge on any atom is 0.181 e. The van der Waals surface area contributed by atoms with Gasteiger partial charge in [0.2, 0.25) is 0 Å². The number of aromatic nitrogens is 5. The van der Waals surface area contributed by atoms with Crippen LogP contribution in [0, 0.1) is 6.92 Å². The van der Waals surface area contributed by atoms with Crippen molar-refractivity contribution >= 4 is 39.3 Å². The summed E-state index contributed by atoms with van der Waals surface area (Å²) in [6.45, 7) is 6.31. The summed E-state index contributed by atoms with van der Waals surface area (Å²) in [5.74, 6) is 0.726. The second-order valence-electron chi connectivity index (χ2n) is 6.60. The third-order valence-corrected chi connectivity index (χ3v) is 6.09. The number of hydrogen-bond acceptors (Lipinski definition) is 9. The predicted molar refractivity (Wildman–Crippen MR) is 110 cm³/mol. The molecule has 28 heavy (non-hydrogen) atoms. The Bertz CT molecular complexity index is 1080. The fraction of sp³-hybridized carbons (Fsp3) is 0.333. The molecule has 0 amide bonds. The lowest BCUT2D eigenvalue weighted by molar-refractivity contribution is 0.0338.